The van der Waals surface area contributed by atoms with Crippen LogP contribution in [0.15, 0.2) is 23.1 Å². The first kappa shape index (κ1) is 15.4. The van der Waals surface area contributed by atoms with E-state index in [9.17, 15) is 17.9 Å². The Morgan fingerprint density at radius 2 is 2.15 bits per heavy atom. The lowest BCUT2D eigenvalue weighted by Gasteiger charge is -2.25. The fourth-order valence-electron chi connectivity index (χ4n) is 2.57. The maximum atomic E-state index is 13.6. The number of hydrogen-bond donors (Lipinski definition) is 2. The third-order valence-electron chi connectivity index (χ3n) is 3.69. The molecule has 4 nitrogen and oxygen atoms in total. The van der Waals surface area contributed by atoms with Gasteiger partial charge in [0.15, 0.2) is 0 Å². The Hall–Kier alpha value is -0.980. The molecule has 0 spiro atoms. The summed E-state index contributed by atoms with van der Waals surface area (Å²) in [6.45, 7) is 1.96. The molecule has 0 saturated heterocycles. The summed E-state index contributed by atoms with van der Waals surface area (Å²) in [5.41, 5.74) is 0.694. The average Bonchev–Trinajstić information content (AvgIpc) is 2.39. The third-order valence-corrected chi connectivity index (χ3v) is 5.13. The first-order valence-corrected chi connectivity index (χ1v) is 8.30. The van der Waals surface area contributed by atoms with Crippen LogP contribution in [-0.2, 0) is 10.0 Å². The summed E-state index contributed by atoms with van der Waals surface area (Å²) in [4.78, 5) is -0.311. The Bertz CT molecular complexity index is 574. The molecular formula is C14H20FNO3S. The predicted octanol–water partition coefficient (Wildman–Crippen LogP) is 1.96. The first-order valence-electron chi connectivity index (χ1n) is 6.82. The third kappa shape index (κ3) is 3.77. The number of nitrogens with one attached hydrogen (secondary N) is 1. The fourth-order valence-corrected chi connectivity index (χ4v) is 3.85. The van der Waals surface area contributed by atoms with Crippen molar-refractivity contribution < 1.29 is 17.9 Å². The number of benzene rings is 1. The van der Waals surface area contributed by atoms with Gasteiger partial charge in [0.25, 0.3) is 0 Å². The van der Waals surface area contributed by atoms with Gasteiger partial charge in [0.05, 0.1) is 6.10 Å². The largest absolute Gasteiger partial charge is 0.393 e. The van der Waals surface area contributed by atoms with Crippen molar-refractivity contribution in [2.24, 2.45) is 5.92 Å². The second kappa shape index (κ2) is 6.20. The van der Waals surface area contributed by atoms with Crippen LogP contribution in [0.4, 0.5) is 4.39 Å². The van der Waals surface area contributed by atoms with E-state index in [1.165, 1.54) is 12.1 Å². The Morgan fingerprint density at radius 3 is 2.85 bits per heavy atom. The normalized spacial score (nSPS) is 23.8. The van der Waals surface area contributed by atoms with Gasteiger partial charge in [-0.3, -0.25) is 0 Å². The maximum absolute atomic E-state index is 13.6. The highest BCUT2D eigenvalue weighted by Crippen LogP contribution is 2.24. The minimum Gasteiger partial charge on any atom is -0.393 e. The van der Waals surface area contributed by atoms with Gasteiger partial charge in [0.1, 0.15) is 10.7 Å². The van der Waals surface area contributed by atoms with Gasteiger partial charge in [-0.2, -0.15) is 0 Å². The Morgan fingerprint density at radius 1 is 1.40 bits per heavy atom. The Labute approximate surface area is 119 Å². The van der Waals surface area contributed by atoms with Crippen LogP contribution in [0.3, 0.4) is 0 Å². The summed E-state index contributed by atoms with van der Waals surface area (Å²) in [5, 5.41) is 9.57. The van der Waals surface area contributed by atoms with E-state index in [2.05, 4.69) is 4.72 Å². The number of aliphatic hydroxyl groups is 1. The van der Waals surface area contributed by atoms with Crippen molar-refractivity contribution in [2.45, 2.75) is 43.6 Å². The minimum absolute atomic E-state index is 0.112. The minimum atomic E-state index is -3.84. The molecule has 2 atom stereocenters. The van der Waals surface area contributed by atoms with Crippen molar-refractivity contribution in [2.75, 3.05) is 6.54 Å². The van der Waals surface area contributed by atoms with Gasteiger partial charge in [-0.05, 0) is 49.8 Å². The number of aliphatic hydroxyl groups excluding tert-OH is 1. The molecule has 1 aliphatic carbocycles. The quantitative estimate of drug-likeness (QED) is 0.893. The highest BCUT2D eigenvalue weighted by molar-refractivity contribution is 7.89. The van der Waals surface area contributed by atoms with Gasteiger partial charge in [0, 0.05) is 6.54 Å². The summed E-state index contributed by atoms with van der Waals surface area (Å²) >= 11 is 0. The van der Waals surface area contributed by atoms with Crippen molar-refractivity contribution in [1.82, 2.24) is 4.72 Å². The summed E-state index contributed by atoms with van der Waals surface area (Å²) in [5.74, 6) is -0.631. The van der Waals surface area contributed by atoms with Crippen LogP contribution >= 0.6 is 0 Å². The molecule has 0 amide bonds. The molecule has 2 N–H and O–H groups in total. The second-order valence-corrected chi connectivity index (χ2v) is 7.21. The Kier molecular flexibility index (Phi) is 4.78. The summed E-state index contributed by atoms with van der Waals surface area (Å²) < 4.78 is 40.3. The summed E-state index contributed by atoms with van der Waals surface area (Å²) in [7, 11) is -3.84. The molecule has 0 bridgehead atoms. The SMILES string of the molecule is Cc1ccc(F)c(S(=O)(=O)NCC2CCCC(O)C2)c1. The molecule has 112 valence electrons. The van der Waals surface area contributed by atoms with Crippen molar-refractivity contribution in [3.8, 4) is 0 Å². The van der Waals surface area contributed by atoms with Crippen molar-refractivity contribution >= 4 is 10.0 Å². The smallest absolute Gasteiger partial charge is 0.243 e. The van der Waals surface area contributed by atoms with Crippen LogP contribution in [0.1, 0.15) is 31.2 Å². The number of sulfonamides is 1. The lowest BCUT2D eigenvalue weighted by Crippen LogP contribution is -2.33. The van der Waals surface area contributed by atoms with Crippen molar-refractivity contribution in [3.63, 3.8) is 0 Å². The van der Waals surface area contributed by atoms with Crippen LogP contribution in [0.2, 0.25) is 0 Å². The predicted molar refractivity (Wildman–Crippen MR) is 74.3 cm³/mol. The molecule has 0 aromatic heterocycles. The lowest BCUT2D eigenvalue weighted by molar-refractivity contribution is 0.102. The van der Waals surface area contributed by atoms with Gasteiger partial charge < -0.3 is 5.11 Å². The van der Waals surface area contributed by atoms with Gasteiger partial charge >= 0.3 is 0 Å². The van der Waals surface area contributed by atoms with E-state index in [-0.39, 0.29) is 23.5 Å². The van der Waals surface area contributed by atoms with Crippen molar-refractivity contribution in [1.29, 1.82) is 0 Å². The zero-order valence-corrected chi connectivity index (χ0v) is 12.3. The Balaban J connectivity index is 2.05. The molecule has 1 aromatic carbocycles. The number of rotatable bonds is 4. The van der Waals surface area contributed by atoms with Gasteiger partial charge in [-0.25, -0.2) is 17.5 Å². The highest BCUT2D eigenvalue weighted by Gasteiger charge is 2.24. The number of aryl methyl sites for hydroxylation is 1. The lowest BCUT2D eigenvalue weighted by atomic mass is 9.87. The van der Waals surface area contributed by atoms with Gasteiger partial charge in [0.2, 0.25) is 10.0 Å². The summed E-state index contributed by atoms with van der Waals surface area (Å²) in [6.07, 6.45) is 2.80. The van der Waals surface area contributed by atoms with E-state index in [1.807, 2.05) is 0 Å². The van der Waals surface area contributed by atoms with Crippen molar-refractivity contribution in [3.05, 3.63) is 29.6 Å². The van der Waals surface area contributed by atoms with Gasteiger partial charge in [-0.15, -0.1) is 0 Å². The standard InChI is InChI=1S/C14H20FNO3S/c1-10-5-6-13(15)14(7-10)20(18,19)16-9-11-3-2-4-12(17)8-11/h5-7,11-12,16-17H,2-4,8-9H2,1H3. The topological polar surface area (TPSA) is 66.4 Å². The molecule has 1 saturated carbocycles. The van der Waals surface area contributed by atoms with E-state index < -0.39 is 15.8 Å². The molecule has 2 unspecified atom stereocenters. The molecule has 1 aromatic rings. The van der Waals surface area contributed by atoms with E-state index in [1.54, 1.807) is 6.92 Å². The van der Waals surface area contributed by atoms with Crippen LogP contribution in [0.25, 0.3) is 0 Å². The first-order chi connectivity index (χ1) is 9.38. The molecular weight excluding hydrogens is 281 g/mol. The molecule has 0 heterocycles. The van der Waals surface area contributed by atoms with E-state index in [0.717, 1.165) is 25.3 Å². The molecule has 0 radical (unpaired) electrons. The van der Waals surface area contributed by atoms with E-state index in [0.29, 0.717) is 12.0 Å². The second-order valence-electron chi connectivity index (χ2n) is 5.47. The van der Waals surface area contributed by atoms with Crippen LogP contribution in [0, 0.1) is 18.7 Å². The summed E-state index contributed by atoms with van der Waals surface area (Å²) in [6, 6.07) is 4.02. The van der Waals surface area contributed by atoms with E-state index >= 15 is 0 Å². The maximum Gasteiger partial charge on any atom is 0.243 e. The highest BCUT2D eigenvalue weighted by atomic mass is 32.2. The van der Waals surface area contributed by atoms with Gasteiger partial charge in [-0.1, -0.05) is 12.5 Å². The molecule has 1 aliphatic rings. The fraction of sp³-hybridized carbons (Fsp3) is 0.571. The molecule has 1 fully saturated rings. The molecule has 6 heteroatoms. The van der Waals surface area contributed by atoms with E-state index in [4.69, 9.17) is 0 Å². The number of halogens is 1. The van der Waals surface area contributed by atoms with Crippen LogP contribution < -0.4 is 4.72 Å². The number of hydrogen-bond acceptors (Lipinski definition) is 3. The molecule has 20 heavy (non-hydrogen) atoms. The zero-order valence-electron chi connectivity index (χ0n) is 11.5. The molecule has 2 rings (SSSR count). The van der Waals surface area contributed by atoms with Crippen LogP contribution in [-0.4, -0.2) is 26.2 Å². The monoisotopic (exact) mass is 301 g/mol. The van der Waals surface area contributed by atoms with Crippen LogP contribution in [0.5, 0.6) is 0 Å². The zero-order chi connectivity index (χ0) is 14.8. The molecule has 0 aliphatic heterocycles. The average molecular weight is 301 g/mol.